The van der Waals surface area contributed by atoms with Gasteiger partial charge in [-0.15, -0.1) is 0 Å². The fourth-order valence-corrected chi connectivity index (χ4v) is 1.55. The average Bonchev–Trinajstić information content (AvgIpc) is 2.62. The fraction of sp³-hybridized carbons (Fsp3) is 0.273. The molecule has 0 aliphatic carbocycles. The van der Waals surface area contributed by atoms with Crippen molar-refractivity contribution in [3.63, 3.8) is 0 Å². The van der Waals surface area contributed by atoms with Gasteiger partial charge in [-0.2, -0.15) is 0 Å². The molecule has 0 spiro atoms. The first-order valence-electron chi connectivity index (χ1n) is 4.63. The number of benzene rings is 1. The number of hydrogen-bond acceptors (Lipinski definition) is 2. The van der Waals surface area contributed by atoms with Gasteiger partial charge in [0.1, 0.15) is 11.5 Å². The molecule has 1 heterocycles. The van der Waals surface area contributed by atoms with Crippen LogP contribution in [-0.2, 0) is 0 Å². The van der Waals surface area contributed by atoms with Gasteiger partial charge >= 0.3 is 0 Å². The van der Waals surface area contributed by atoms with Gasteiger partial charge in [0, 0.05) is 11.6 Å². The predicted molar refractivity (Wildman–Crippen MR) is 56.0 cm³/mol. The maximum atomic E-state index is 5.47. The quantitative estimate of drug-likeness (QED) is 0.809. The Morgan fingerprint density at radius 1 is 1.29 bits per heavy atom. The average molecular weight is 191 g/mol. The summed E-state index contributed by atoms with van der Waals surface area (Å²) in [6.45, 7) is 2.64. The summed E-state index contributed by atoms with van der Waals surface area (Å²) in [5.74, 6) is 1.72. The Morgan fingerprint density at radius 2 is 2.14 bits per heavy atom. The predicted octanol–water partition coefficient (Wildman–Crippen LogP) is 2.58. The summed E-state index contributed by atoms with van der Waals surface area (Å²) in [4.78, 5) is 3.14. The Labute approximate surface area is 82.6 Å². The van der Waals surface area contributed by atoms with E-state index in [1.807, 2.05) is 31.3 Å². The van der Waals surface area contributed by atoms with Gasteiger partial charge in [-0.3, -0.25) is 0 Å². The van der Waals surface area contributed by atoms with Gasteiger partial charge in [0.15, 0.2) is 0 Å². The molecule has 3 heteroatoms. The number of rotatable bonds is 3. The van der Waals surface area contributed by atoms with E-state index in [4.69, 9.17) is 9.47 Å². The number of nitrogens with one attached hydrogen (secondary N) is 1. The maximum absolute atomic E-state index is 5.47. The number of methoxy groups -OCH3 is 1. The largest absolute Gasteiger partial charge is 0.495 e. The molecule has 74 valence electrons. The highest BCUT2D eigenvalue weighted by atomic mass is 16.5. The van der Waals surface area contributed by atoms with Gasteiger partial charge in [-0.05, 0) is 19.1 Å². The molecule has 1 N–H and O–H groups in total. The van der Waals surface area contributed by atoms with Gasteiger partial charge in [-0.1, -0.05) is 6.07 Å². The van der Waals surface area contributed by atoms with E-state index < -0.39 is 0 Å². The molecule has 1 aromatic carbocycles. The number of hydrogen-bond donors (Lipinski definition) is 1. The standard InChI is InChI=1S/C11H13NO2/c1-3-14-10-7-12-11-8(10)5-4-6-9(11)13-2/h4-7,12H,3H2,1-2H3. The third kappa shape index (κ3) is 1.31. The van der Waals surface area contributed by atoms with Crippen LogP contribution < -0.4 is 9.47 Å². The van der Waals surface area contributed by atoms with Crippen molar-refractivity contribution in [3.05, 3.63) is 24.4 Å². The molecule has 0 atom stereocenters. The topological polar surface area (TPSA) is 34.2 Å². The molecule has 14 heavy (non-hydrogen) atoms. The van der Waals surface area contributed by atoms with E-state index in [1.165, 1.54) is 0 Å². The zero-order valence-corrected chi connectivity index (χ0v) is 8.33. The minimum Gasteiger partial charge on any atom is -0.495 e. The van der Waals surface area contributed by atoms with Crippen LogP contribution in [0.4, 0.5) is 0 Å². The first-order valence-corrected chi connectivity index (χ1v) is 4.63. The summed E-state index contributed by atoms with van der Waals surface area (Å²) in [6, 6.07) is 5.89. The lowest BCUT2D eigenvalue weighted by atomic mass is 10.2. The third-order valence-electron chi connectivity index (χ3n) is 2.16. The molecule has 0 aliphatic rings. The Morgan fingerprint density at radius 3 is 2.86 bits per heavy atom. The fourth-order valence-electron chi connectivity index (χ4n) is 1.55. The highest BCUT2D eigenvalue weighted by Gasteiger charge is 2.07. The van der Waals surface area contributed by atoms with E-state index in [2.05, 4.69) is 4.98 Å². The van der Waals surface area contributed by atoms with E-state index in [9.17, 15) is 0 Å². The van der Waals surface area contributed by atoms with Crippen molar-refractivity contribution in [1.29, 1.82) is 0 Å². The number of ether oxygens (including phenoxy) is 2. The summed E-state index contributed by atoms with van der Waals surface area (Å²) in [6.07, 6.45) is 1.86. The Kier molecular flexibility index (Phi) is 2.31. The summed E-state index contributed by atoms with van der Waals surface area (Å²) < 4.78 is 10.7. The molecule has 0 radical (unpaired) electrons. The summed E-state index contributed by atoms with van der Waals surface area (Å²) >= 11 is 0. The summed E-state index contributed by atoms with van der Waals surface area (Å²) in [5.41, 5.74) is 0.985. The number of aromatic nitrogens is 1. The molecular weight excluding hydrogens is 178 g/mol. The van der Waals surface area contributed by atoms with Crippen LogP contribution in [-0.4, -0.2) is 18.7 Å². The number of H-pyrrole nitrogens is 1. The summed E-state index contributed by atoms with van der Waals surface area (Å²) in [7, 11) is 1.66. The van der Waals surface area contributed by atoms with E-state index in [-0.39, 0.29) is 0 Å². The van der Waals surface area contributed by atoms with Crippen molar-refractivity contribution in [3.8, 4) is 11.5 Å². The molecule has 2 aromatic rings. The minimum absolute atomic E-state index is 0.671. The molecule has 0 saturated heterocycles. The highest BCUT2D eigenvalue weighted by Crippen LogP contribution is 2.31. The molecule has 1 aromatic heterocycles. The second-order valence-electron chi connectivity index (χ2n) is 2.97. The van der Waals surface area contributed by atoms with Crippen molar-refractivity contribution in [2.24, 2.45) is 0 Å². The van der Waals surface area contributed by atoms with Crippen LogP contribution in [0.3, 0.4) is 0 Å². The molecule has 0 unspecified atom stereocenters. The molecular formula is C11H13NO2. The van der Waals surface area contributed by atoms with Gasteiger partial charge < -0.3 is 14.5 Å². The van der Waals surface area contributed by atoms with Gasteiger partial charge in [0.05, 0.1) is 19.2 Å². The Hall–Kier alpha value is -1.64. The summed E-state index contributed by atoms with van der Waals surface area (Å²) in [5, 5.41) is 1.06. The van der Waals surface area contributed by atoms with Crippen LogP contribution in [0, 0.1) is 0 Å². The molecule has 0 amide bonds. The SMILES string of the molecule is CCOc1c[nH]c2c(OC)cccc12. The number of aromatic amines is 1. The van der Waals surface area contributed by atoms with Crippen molar-refractivity contribution in [2.75, 3.05) is 13.7 Å². The van der Waals surface area contributed by atoms with E-state index >= 15 is 0 Å². The van der Waals surface area contributed by atoms with E-state index in [0.29, 0.717) is 6.61 Å². The van der Waals surface area contributed by atoms with Crippen molar-refractivity contribution in [1.82, 2.24) is 4.98 Å². The second kappa shape index (κ2) is 3.62. The van der Waals surface area contributed by atoms with Crippen LogP contribution in [0.5, 0.6) is 11.5 Å². The van der Waals surface area contributed by atoms with Crippen molar-refractivity contribution >= 4 is 10.9 Å². The van der Waals surface area contributed by atoms with Crippen LogP contribution in [0.15, 0.2) is 24.4 Å². The molecule has 2 rings (SSSR count). The molecule has 0 fully saturated rings. The first-order chi connectivity index (χ1) is 6.86. The minimum atomic E-state index is 0.671. The first kappa shape index (κ1) is 8.94. The lowest BCUT2D eigenvalue weighted by Crippen LogP contribution is -1.89. The zero-order valence-electron chi connectivity index (χ0n) is 8.33. The third-order valence-corrected chi connectivity index (χ3v) is 2.16. The molecule has 0 aliphatic heterocycles. The Bertz CT molecular complexity index is 434. The number of para-hydroxylation sites is 1. The van der Waals surface area contributed by atoms with Gasteiger partial charge in [0.2, 0.25) is 0 Å². The van der Waals surface area contributed by atoms with Crippen molar-refractivity contribution in [2.45, 2.75) is 6.92 Å². The second-order valence-corrected chi connectivity index (χ2v) is 2.97. The van der Waals surface area contributed by atoms with Gasteiger partial charge in [-0.25, -0.2) is 0 Å². The molecule has 0 bridgehead atoms. The van der Waals surface area contributed by atoms with Crippen LogP contribution in [0.1, 0.15) is 6.92 Å². The monoisotopic (exact) mass is 191 g/mol. The highest BCUT2D eigenvalue weighted by molar-refractivity contribution is 5.90. The van der Waals surface area contributed by atoms with Gasteiger partial charge in [0.25, 0.3) is 0 Å². The normalized spacial score (nSPS) is 10.4. The molecule has 0 saturated carbocycles. The lowest BCUT2D eigenvalue weighted by Gasteiger charge is -2.02. The zero-order chi connectivity index (χ0) is 9.97. The number of fused-ring (bicyclic) bond motifs is 1. The smallest absolute Gasteiger partial charge is 0.144 e. The van der Waals surface area contributed by atoms with Crippen LogP contribution in [0.25, 0.3) is 10.9 Å². The maximum Gasteiger partial charge on any atom is 0.144 e. The van der Waals surface area contributed by atoms with E-state index in [1.54, 1.807) is 7.11 Å². The lowest BCUT2D eigenvalue weighted by molar-refractivity contribution is 0.344. The van der Waals surface area contributed by atoms with E-state index in [0.717, 1.165) is 22.4 Å². The Balaban J connectivity index is 2.57. The van der Waals surface area contributed by atoms with Crippen LogP contribution >= 0.6 is 0 Å². The van der Waals surface area contributed by atoms with Crippen molar-refractivity contribution < 1.29 is 9.47 Å². The molecule has 3 nitrogen and oxygen atoms in total. The van der Waals surface area contributed by atoms with Crippen LogP contribution in [0.2, 0.25) is 0 Å².